The van der Waals surface area contributed by atoms with Crippen molar-refractivity contribution in [2.75, 3.05) is 18.1 Å². The molecule has 1 aromatic heterocycles. The van der Waals surface area contributed by atoms with Crippen molar-refractivity contribution in [3.8, 4) is 11.5 Å². The first-order valence-electron chi connectivity index (χ1n) is 11.2. The molecular formula is C27H21Cl2NO5. The second kappa shape index (κ2) is 9.29. The van der Waals surface area contributed by atoms with Crippen molar-refractivity contribution >= 4 is 45.8 Å². The highest BCUT2D eigenvalue weighted by molar-refractivity contribution is 6.31. The van der Waals surface area contributed by atoms with Gasteiger partial charge in [-0.15, -0.1) is 0 Å². The van der Waals surface area contributed by atoms with Crippen molar-refractivity contribution in [1.82, 2.24) is 0 Å². The lowest BCUT2D eigenvalue weighted by atomic mass is 9.97. The molecule has 1 unspecified atom stereocenters. The molecule has 178 valence electrons. The number of fused-ring (bicyclic) bond motifs is 2. The third-order valence-electron chi connectivity index (χ3n) is 5.80. The Morgan fingerprint density at radius 1 is 0.886 bits per heavy atom. The van der Waals surface area contributed by atoms with Crippen molar-refractivity contribution in [2.45, 2.75) is 19.9 Å². The summed E-state index contributed by atoms with van der Waals surface area (Å²) in [6.07, 6.45) is 0. The van der Waals surface area contributed by atoms with E-state index in [1.807, 2.05) is 19.9 Å². The van der Waals surface area contributed by atoms with Gasteiger partial charge in [-0.25, -0.2) is 0 Å². The average Bonchev–Trinajstić information content (AvgIpc) is 3.13. The number of ether oxygens (including phenoxy) is 2. The molecule has 1 aliphatic rings. The maximum atomic E-state index is 13.7. The lowest BCUT2D eigenvalue weighted by Crippen LogP contribution is -2.29. The van der Waals surface area contributed by atoms with Crippen LogP contribution in [0, 0.1) is 0 Å². The predicted octanol–water partition coefficient (Wildman–Crippen LogP) is 6.65. The summed E-state index contributed by atoms with van der Waals surface area (Å²) in [7, 11) is 0. The zero-order valence-corrected chi connectivity index (χ0v) is 20.5. The SMILES string of the molecule is CCOc1ccc(C2c3c(oc4ccc(Cl)cc4c3=O)C(=O)N2c2cccc(Cl)c2)cc1OCC. The van der Waals surface area contributed by atoms with Crippen LogP contribution in [-0.4, -0.2) is 19.1 Å². The third-order valence-corrected chi connectivity index (χ3v) is 6.27. The number of amides is 1. The summed E-state index contributed by atoms with van der Waals surface area (Å²) in [6, 6.07) is 16.3. The Morgan fingerprint density at radius 3 is 2.37 bits per heavy atom. The van der Waals surface area contributed by atoms with Crippen LogP contribution < -0.4 is 19.8 Å². The molecule has 1 atom stereocenters. The lowest BCUT2D eigenvalue weighted by Gasteiger charge is -2.26. The topological polar surface area (TPSA) is 69.0 Å². The van der Waals surface area contributed by atoms with Gasteiger partial charge in [-0.1, -0.05) is 35.3 Å². The van der Waals surface area contributed by atoms with E-state index in [4.69, 9.17) is 37.1 Å². The van der Waals surface area contributed by atoms with Crippen LogP contribution in [0.4, 0.5) is 5.69 Å². The van der Waals surface area contributed by atoms with Crippen molar-refractivity contribution in [1.29, 1.82) is 0 Å². The van der Waals surface area contributed by atoms with Crippen molar-refractivity contribution in [3.63, 3.8) is 0 Å². The molecule has 0 fully saturated rings. The number of anilines is 1. The van der Waals surface area contributed by atoms with Crippen LogP contribution in [0.15, 0.2) is 69.9 Å². The van der Waals surface area contributed by atoms with E-state index in [2.05, 4.69) is 0 Å². The standard InChI is InChI=1S/C27H21Cl2NO5/c1-3-33-21-10-8-15(12-22(21)34-4-2)24-23-25(31)19-14-17(29)9-11-20(19)35-26(23)27(32)30(24)18-7-5-6-16(28)13-18/h5-14,24H,3-4H2,1-2H3. The first kappa shape index (κ1) is 23.3. The van der Waals surface area contributed by atoms with Crippen molar-refractivity contribution in [2.24, 2.45) is 0 Å². The summed E-state index contributed by atoms with van der Waals surface area (Å²) < 4.78 is 17.5. The number of rotatable bonds is 6. The molecule has 3 aromatic carbocycles. The van der Waals surface area contributed by atoms with Crippen LogP contribution in [-0.2, 0) is 0 Å². The second-order valence-corrected chi connectivity index (χ2v) is 8.82. The molecule has 0 N–H and O–H groups in total. The summed E-state index contributed by atoms with van der Waals surface area (Å²) in [5, 5.41) is 1.16. The van der Waals surface area contributed by atoms with Gasteiger partial charge in [0.2, 0.25) is 5.76 Å². The van der Waals surface area contributed by atoms with Crippen LogP contribution in [0.3, 0.4) is 0 Å². The highest BCUT2D eigenvalue weighted by Crippen LogP contribution is 2.43. The molecule has 1 amide bonds. The molecule has 4 aromatic rings. The number of carbonyl (C=O) groups is 1. The summed E-state index contributed by atoms with van der Waals surface area (Å²) in [4.78, 5) is 29.0. The van der Waals surface area contributed by atoms with Gasteiger partial charge < -0.3 is 13.9 Å². The largest absolute Gasteiger partial charge is 0.490 e. The molecule has 0 aliphatic carbocycles. The van der Waals surface area contributed by atoms with E-state index in [1.165, 1.54) is 4.90 Å². The molecule has 1 aliphatic heterocycles. The fourth-order valence-electron chi connectivity index (χ4n) is 4.39. The number of halogens is 2. The molecule has 2 heterocycles. The minimum Gasteiger partial charge on any atom is -0.490 e. The normalized spacial score (nSPS) is 14.9. The van der Waals surface area contributed by atoms with Gasteiger partial charge in [-0.2, -0.15) is 0 Å². The minimum atomic E-state index is -0.773. The minimum absolute atomic E-state index is 0.0124. The predicted molar refractivity (Wildman–Crippen MR) is 136 cm³/mol. The molecule has 0 radical (unpaired) electrons. The van der Waals surface area contributed by atoms with Gasteiger partial charge in [0.15, 0.2) is 16.9 Å². The van der Waals surface area contributed by atoms with Gasteiger partial charge in [-0.3, -0.25) is 14.5 Å². The molecule has 35 heavy (non-hydrogen) atoms. The van der Waals surface area contributed by atoms with E-state index < -0.39 is 11.9 Å². The lowest BCUT2D eigenvalue weighted by molar-refractivity contribution is 0.0971. The van der Waals surface area contributed by atoms with Gasteiger partial charge in [0.05, 0.1) is 30.2 Å². The summed E-state index contributed by atoms with van der Waals surface area (Å²) in [5.41, 5.74) is 1.40. The average molecular weight is 510 g/mol. The van der Waals surface area contributed by atoms with Gasteiger partial charge >= 0.3 is 0 Å². The van der Waals surface area contributed by atoms with E-state index >= 15 is 0 Å². The first-order chi connectivity index (χ1) is 16.9. The second-order valence-electron chi connectivity index (χ2n) is 7.94. The highest BCUT2D eigenvalue weighted by atomic mass is 35.5. The van der Waals surface area contributed by atoms with Crippen LogP contribution in [0.5, 0.6) is 11.5 Å². The van der Waals surface area contributed by atoms with Gasteiger partial charge in [0.25, 0.3) is 5.91 Å². The Hall–Kier alpha value is -3.48. The van der Waals surface area contributed by atoms with E-state index in [9.17, 15) is 9.59 Å². The number of hydrogen-bond acceptors (Lipinski definition) is 5. The fraction of sp³-hybridized carbons (Fsp3) is 0.185. The summed E-state index contributed by atoms with van der Waals surface area (Å²) in [6.45, 7) is 4.65. The summed E-state index contributed by atoms with van der Waals surface area (Å²) in [5.74, 6) is 0.649. The van der Waals surface area contributed by atoms with Gasteiger partial charge in [-0.05, 0) is 67.9 Å². The maximum Gasteiger partial charge on any atom is 0.295 e. The fourth-order valence-corrected chi connectivity index (χ4v) is 4.75. The summed E-state index contributed by atoms with van der Waals surface area (Å²) >= 11 is 12.4. The van der Waals surface area contributed by atoms with Crippen LogP contribution in [0.25, 0.3) is 11.0 Å². The Bertz CT molecular complexity index is 1510. The van der Waals surface area contributed by atoms with Gasteiger partial charge in [0.1, 0.15) is 5.58 Å². The van der Waals surface area contributed by atoms with Crippen LogP contribution >= 0.6 is 23.2 Å². The van der Waals surface area contributed by atoms with E-state index in [0.717, 1.165) is 0 Å². The highest BCUT2D eigenvalue weighted by Gasteiger charge is 2.44. The molecule has 0 saturated carbocycles. The number of nitrogens with zero attached hydrogens (tertiary/aromatic N) is 1. The molecular weight excluding hydrogens is 489 g/mol. The van der Waals surface area contributed by atoms with Gasteiger partial charge in [0, 0.05) is 15.7 Å². The quantitative estimate of drug-likeness (QED) is 0.291. The monoisotopic (exact) mass is 509 g/mol. The molecule has 0 bridgehead atoms. The molecule has 0 spiro atoms. The number of benzene rings is 3. The first-order valence-corrected chi connectivity index (χ1v) is 11.9. The molecule has 8 heteroatoms. The van der Waals surface area contributed by atoms with E-state index in [1.54, 1.807) is 54.6 Å². The molecule has 6 nitrogen and oxygen atoms in total. The smallest absolute Gasteiger partial charge is 0.295 e. The Morgan fingerprint density at radius 2 is 1.63 bits per heavy atom. The molecule has 5 rings (SSSR count). The van der Waals surface area contributed by atoms with E-state index in [0.29, 0.717) is 57.0 Å². The Balaban J connectivity index is 1.79. The number of hydrogen-bond donors (Lipinski definition) is 0. The number of carbonyl (C=O) groups excluding carboxylic acids is 1. The third kappa shape index (κ3) is 4.03. The van der Waals surface area contributed by atoms with Crippen LogP contribution in [0.1, 0.15) is 41.6 Å². The molecule has 0 saturated heterocycles. The zero-order chi connectivity index (χ0) is 24.7. The van der Waals surface area contributed by atoms with E-state index in [-0.39, 0.29) is 16.8 Å². The van der Waals surface area contributed by atoms with Crippen molar-refractivity contribution in [3.05, 3.63) is 97.8 Å². The zero-order valence-electron chi connectivity index (χ0n) is 19.0. The Kier molecular flexibility index (Phi) is 6.17. The van der Waals surface area contributed by atoms with Crippen LogP contribution in [0.2, 0.25) is 10.0 Å². The van der Waals surface area contributed by atoms with Crippen molar-refractivity contribution < 1.29 is 18.7 Å². The Labute approximate surface area is 211 Å². The maximum absolute atomic E-state index is 13.7.